The number of nitrogens with one attached hydrogen (secondary N) is 1. The topological polar surface area (TPSA) is 75.6 Å². The van der Waals surface area contributed by atoms with Crippen LogP contribution in [0.2, 0.25) is 0 Å². The van der Waals surface area contributed by atoms with E-state index in [0.29, 0.717) is 6.42 Å². The van der Waals surface area contributed by atoms with E-state index in [1.165, 1.54) is 12.1 Å². The molecule has 0 bridgehead atoms. The maximum Gasteiger partial charge on any atom is 0.342 e. The number of ether oxygens (including phenoxy) is 1. The summed E-state index contributed by atoms with van der Waals surface area (Å²) in [6, 6.07) is 13.5. The molecule has 0 aromatic heterocycles. The summed E-state index contributed by atoms with van der Waals surface area (Å²) in [5.41, 5.74) is 1.01. The van der Waals surface area contributed by atoms with Crippen molar-refractivity contribution in [1.29, 1.82) is 0 Å². The second kappa shape index (κ2) is 8.49. The summed E-state index contributed by atoms with van der Waals surface area (Å²) >= 11 is 3.37. The Morgan fingerprint density at radius 3 is 2.46 bits per heavy atom. The average Bonchev–Trinajstić information content (AvgIpc) is 2.59. The monoisotopic (exact) mass is 391 g/mol. The molecule has 0 aliphatic rings. The van der Waals surface area contributed by atoms with Crippen molar-refractivity contribution in [2.45, 2.75) is 19.4 Å². The predicted octanol–water partition coefficient (Wildman–Crippen LogP) is 3.58. The highest BCUT2D eigenvalue weighted by Gasteiger charge is 2.16. The maximum absolute atomic E-state index is 12.0. The number of halogens is 1. The predicted molar refractivity (Wildman–Crippen MR) is 93.7 cm³/mol. The Hall–Kier alpha value is -2.34. The van der Waals surface area contributed by atoms with Gasteiger partial charge >= 0.3 is 5.97 Å². The van der Waals surface area contributed by atoms with Crippen molar-refractivity contribution in [2.24, 2.45) is 0 Å². The fourth-order valence-electron chi connectivity index (χ4n) is 2.21. The van der Waals surface area contributed by atoms with Crippen LogP contribution >= 0.6 is 15.9 Å². The molecule has 2 aromatic rings. The van der Waals surface area contributed by atoms with Gasteiger partial charge in [-0.2, -0.15) is 0 Å². The van der Waals surface area contributed by atoms with Crippen molar-refractivity contribution < 1.29 is 19.4 Å². The number of phenols is 1. The first-order chi connectivity index (χ1) is 11.5. The minimum Gasteiger partial charge on any atom is -0.507 e. The highest BCUT2D eigenvalue weighted by atomic mass is 79.9. The molecule has 0 saturated heterocycles. The Kier molecular flexibility index (Phi) is 6.37. The maximum atomic E-state index is 12.0. The zero-order chi connectivity index (χ0) is 17.5. The van der Waals surface area contributed by atoms with Crippen LogP contribution in [-0.2, 0) is 9.53 Å². The zero-order valence-electron chi connectivity index (χ0n) is 13.2. The van der Waals surface area contributed by atoms with Crippen LogP contribution in [0.4, 0.5) is 0 Å². The molecule has 2 aromatic carbocycles. The van der Waals surface area contributed by atoms with Crippen LogP contribution in [0.15, 0.2) is 53.0 Å². The van der Waals surface area contributed by atoms with Crippen molar-refractivity contribution in [3.63, 3.8) is 0 Å². The second-order valence-electron chi connectivity index (χ2n) is 5.17. The number of carbonyl (C=O) groups excluding carboxylic acids is 2. The highest BCUT2D eigenvalue weighted by molar-refractivity contribution is 9.10. The minimum atomic E-state index is -0.736. The van der Waals surface area contributed by atoms with Gasteiger partial charge in [-0.3, -0.25) is 4.79 Å². The lowest BCUT2D eigenvalue weighted by molar-refractivity contribution is -0.125. The largest absolute Gasteiger partial charge is 0.507 e. The van der Waals surface area contributed by atoms with Gasteiger partial charge < -0.3 is 15.2 Å². The lowest BCUT2D eigenvalue weighted by Gasteiger charge is -2.17. The van der Waals surface area contributed by atoms with Crippen molar-refractivity contribution in [3.05, 3.63) is 64.1 Å². The molecule has 0 unspecified atom stereocenters. The van der Waals surface area contributed by atoms with Crippen LogP contribution in [0.3, 0.4) is 0 Å². The van der Waals surface area contributed by atoms with Gasteiger partial charge in [0.2, 0.25) is 0 Å². The number of esters is 1. The normalized spacial score (nSPS) is 11.6. The second-order valence-corrected chi connectivity index (χ2v) is 6.09. The van der Waals surface area contributed by atoms with E-state index in [-0.39, 0.29) is 17.4 Å². The molecule has 5 nitrogen and oxygen atoms in total. The van der Waals surface area contributed by atoms with E-state index < -0.39 is 18.5 Å². The van der Waals surface area contributed by atoms with Gasteiger partial charge in [0.1, 0.15) is 11.3 Å². The molecule has 0 heterocycles. The summed E-state index contributed by atoms with van der Waals surface area (Å²) in [5, 5.41) is 12.4. The number of benzene rings is 2. The van der Waals surface area contributed by atoms with Crippen LogP contribution in [0.5, 0.6) is 5.75 Å². The van der Waals surface area contributed by atoms with E-state index in [4.69, 9.17) is 4.74 Å². The molecule has 2 N–H and O–H groups in total. The SMILES string of the molecule is CC[C@@H](NC(=O)COC(=O)c1ccccc1O)c1ccc(Br)cc1. The smallest absolute Gasteiger partial charge is 0.342 e. The molecule has 0 radical (unpaired) electrons. The van der Waals surface area contributed by atoms with Gasteiger partial charge in [0.05, 0.1) is 6.04 Å². The number of para-hydroxylation sites is 1. The first-order valence-corrected chi connectivity index (χ1v) is 8.30. The van der Waals surface area contributed by atoms with Crippen LogP contribution in [0.1, 0.15) is 35.3 Å². The third-order valence-corrected chi connectivity index (χ3v) is 4.00. The molecule has 0 saturated carbocycles. The number of hydrogen-bond acceptors (Lipinski definition) is 4. The highest BCUT2D eigenvalue weighted by Crippen LogP contribution is 2.20. The van der Waals surface area contributed by atoms with Gasteiger partial charge in [-0.25, -0.2) is 4.79 Å². The number of amides is 1. The molecule has 2 rings (SSSR count). The van der Waals surface area contributed by atoms with E-state index in [1.807, 2.05) is 31.2 Å². The van der Waals surface area contributed by atoms with Crippen LogP contribution < -0.4 is 5.32 Å². The number of aromatic hydroxyl groups is 1. The summed E-state index contributed by atoms with van der Waals surface area (Å²) in [7, 11) is 0. The Morgan fingerprint density at radius 1 is 1.17 bits per heavy atom. The van der Waals surface area contributed by atoms with Crippen molar-refractivity contribution >= 4 is 27.8 Å². The van der Waals surface area contributed by atoms with Gasteiger partial charge in [0, 0.05) is 4.47 Å². The lowest BCUT2D eigenvalue weighted by Crippen LogP contribution is -2.32. The van der Waals surface area contributed by atoms with Gasteiger partial charge in [-0.1, -0.05) is 47.1 Å². The van der Waals surface area contributed by atoms with Crippen LogP contribution in [0.25, 0.3) is 0 Å². The zero-order valence-corrected chi connectivity index (χ0v) is 14.7. The molecule has 0 aliphatic heterocycles. The fourth-order valence-corrected chi connectivity index (χ4v) is 2.47. The summed E-state index contributed by atoms with van der Waals surface area (Å²) in [6.07, 6.45) is 0.709. The molecule has 0 spiro atoms. The van der Waals surface area contributed by atoms with Crippen molar-refractivity contribution in [1.82, 2.24) is 5.32 Å². The van der Waals surface area contributed by atoms with E-state index in [0.717, 1.165) is 10.0 Å². The van der Waals surface area contributed by atoms with E-state index in [1.54, 1.807) is 12.1 Å². The molecular weight excluding hydrogens is 374 g/mol. The van der Waals surface area contributed by atoms with E-state index in [2.05, 4.69) is 21.2 Å². The first-order valence-electron chi connectivity index (χ1n) is 7.51. The fraction of sp³-hybridized carbons (Fsp3) is 0.222. The van der Waals surface area contributed by atoms with Crippen LogP contribution in [-0.4, -0.2) is 23.6 Å². The molecule has 0 fully saturated rings. The molecule has 126 valence electrons. The summed E-state index contributed by atoms with van der Waals surface area (Å²) in [6.45, 7) is 1.56. The van der Waals surface area contributed by atoms with E-state index >= 15 is 0 Å². The molecular formula is C18H18BrNO4. The lowest BCUT2D eigenvalue weighted by atomic mass is 10.0. The third-order valence-electron chi connectivity index (χ3n) is 3.47. The minimum absolute atomic E-state index is 0.0326. The quantitative estimate of drug-likeness (QED) is 0.737. The number of hydrogen-bond donors (Lipinski definition) is 2. The van der Waals surface area contributed by atoms with E-state index in [9.17, 15) is 14.7 Å². The molecule has 0 aliphatic carbocycles. The molecule has 1 amide bonds. The van der Waals surface area contributed by atoms with Gasteiger partial charge in [-0.15, -0.1) is 0 Å². The summed E-state index contributed by atoms with van der Waals surface area (Å²) in [4.78, 5) is 23.9. The van der Waals surface area contributed by atoms with Crippen LogP contribution in [0, 0.1) is 0 Å². The number of phenolic OH excluding ortho intramolecular Hbond substituents is 1. The van der Waals surface area contributed by atoms with Crippen molar-refractivity contribution in [2.75, 3.05) is 6.61 Å². The Labute approximate surface area is 148 Å². The molecule has 1 atom stereocenters. The van der Waals surface area contributed by atoms with Gasteiger partial charge in [0.15, 0.2) is 6.61 Å². The average molecular weight is 392 g/mol. The van der Waals surface area contributed by atoms with Gasteiger partial charge in [-0.05, 0) is 36.2 Å². The number of carbonyl (C=O) groups is 2. The standard InChI is InChI=1S/C18H18BrNO4/c1-2-15(12-7-9-13(19)10-8-12)20-17(22)11-24-18(23)14-5-3-4-6-16(14)21/h3-10,15,21H,2,11H2,1H3,(H,20,22)/t15-/m1/s1. The molecule has 6 heteroatoms. The van der Waals surface area contributed by atoms with Gasteiger partial charge in [0.25, 0.3) is 5.91 Å². The third kappa shape index (κ3) is 4.83. The Balaban J connectivity index is 1.91. The molecule has 24 heavy (non-hydrogen) atoms. The first kappa shape index (κ1) is 18.0. The summed E-state index contributed by atoms with van der Waals surface area (Å²) in [5.74, 6) is -1.31. The Morgan fingerprint density at radius 2 is 1.83 bits per heavy atom. The van der Waals surface area contributed by atoms with Crippen molar-refractivity contribution in [3.8, 4) is 5.75 Å². The Bertz CT molecular complexity index is 715. The summed E-state index contributed by atoms with van der Waals surface area (Å²) < 4.78 is 5.91. The number of rotatable bonds is 6.